The number of hydrogen-bond acceptors (Lipinski definition) is 7. The molecular formula is C19H22N4O3. The topological polar surface area (TPSA) is 91.5 Å². The standard InChI is InChI=1S/C19H22N4O3/c1-11-12(5-6-15-14(11)10-22-19(20)23-15)9-21-13-7-16(24-2)18(26-4)17(8-13)25-3/h5-8,10,21H,9H2,1-4H3,(H2,20,22,23). The van der Waals surface area contributed by atoms with Gasteiger partial charge in [0.15, 0.2) is 11.5 Å². The summed E-state index contributed by atoms with van der Waals surface area (Å²) in [6.45, 7) is 2.68. The van der Waals surface area contributed by atoms with Crippen molar-refractivity contribution in [2.45, 2.75) is 13.5 Å². The molecule has 0 unspecified atom stereocenters. The molecule has 136 valence electrons. The fourth-order valence-corrected chi connectivity index (χ4v) is 2.87. The van der Waals surface area contributed by atoms with Gasteiger partial charge in [-0.3, -0.25) is 0 Å². The van der Waals surface area contributed by atoms with E-state index in [-0.39, 0.29) is 5.95 Å². The summed E-state index contributed by atoms with van der Waals surface area (Å²) in [5, 5.41) is 4.39. The van der Waals surface area contributed by atoms with Crippen molar-refractivity contribution in [2.75, 3.05) is 32.4 Å². The zero-order chi connectivity index (χ0) is 18.7. The van der Waals surface area contributed by atoms with Crippen LogP contribution in [0.2, 0.25) is 0 Å². The van der Waals surface area contributed by atoms with Gasteiger partial charge in [-0.2, -0.15) is 0 Å². The second-order valence-corrected chi connectivity index (χ2v) is 5.78. The molecule has 3 aromatic rings. The number of aromatic nitrogens is 2. The number of fused-ring (bicyclic) bond motifs is 1. The number of nitrogens with two attached hydrogens (primary N) is 1. The number of benzene rings is 2. The predicted molar refractivity (Wildman–Crippen MR) is 102 cm³/mol. The second kappa shape index (κ2) is 7.35. The van der Waals surface area contributed by atoms with Crippen molar-refractivity contribution in [3.8, 4) is 17.2 Å². The highest BCUT2D eigenvalue weighted by atomic mass is 16.5. The molecule has 0 fully saturated rings. The molecule has 0 radical (unpaired) electrons. The van der Waals surface area contributed by atoms with Crippen molar-refractivity contribution in [2.24, 2.45) is 0 Å². The molecule has 0 saturated carbocycles. The van der Waals surface area contributed by atoms with Crippen LogP contribution in [0.15, 0.2) is 30.5 Å². The Labute approximate surface area is 152 Å². The predicted octanol–water partition coefficient (Wildman–Crippen LogP) is 3.16. The van der Waals surface area contributed by atoms with E-state index in [1.807, 2.05) is 31.2 Å². The van der Waals surface area contributed by atoms with Crippen LogP contribution in [0.5, 0.6) is 17.2 Å². The normalized spacial score (nSPS) is 10.6. The molecule has 3 N–H and O–H groups in total. The number of hydrogen-bond donors (Lipinski definition) is 2. The van der Waals surface area contributed by atoms with E-state index in [0.29, 0.717) is 23.8 Å². The molecule has 0 spiro atoms. The monoisotopic (exact) mass is 354 g/mol. The van der Waals surface area contributed by atoms with Crippen molar-refractivity contribution in [3.63, 3.8) is 0 Å². The molecular weight excluding hydrogens is 332 g/mol. The van der Waals surface area contributed by atoms with E-state index in [1.165, 1.54) is 0 Å². The Kier molecular flexibility index (Phi) is 4.97. The van der Waals surface area contributed by atoms with Crippen LogP contribution in [0.3, 0.4) is 0 Å². The maximum Gasteiger partial charge on any atom is 0.220 e. The zero-order valence-corrected chi connectivity index (χ0v) is 15.3. The minimum atomic E-state index is 0.278. The van der Waals surface area contributed by atoms with Gasteiger partial charge in [0.1, 0.15) is 0 Å². The van der Waals surface area contributed by atoms with Gasteiger partial charge < -0.3 is 25.3 Å². The third kappa shape index (κ3) is 3.28. The van der Waals surface area contributed by atoms with Crippen LogP contribution in [0.25, 0.3) is 10.9 Å². The Hall–Kier alpha value is -3.22. The van der Waals surface area contributed by atoms with Crippen LogP contribution in [0, 0.1) is 6.92 Å². The Morgan fingerprint density at radius 3 is 2.35 bits per heavy atom. The quantitative estimate of drug-likeness (QED) is 0.702. The number of anilines is 2. The van der Waals surface area contributed by atoms with Crippen LogP contribution >= 0.6 is 0 Å². The lowest BCUT2D eigenvalue weighted by molar-refractivity contribution is 0.324. The van der Waals surface area contributed by atoms with Gasteiger partial charge in [0.25, 0.3) is 0 Å². The number of nitrogen functional groups attached to an aromatic ring is 1. The van der Waals surface area contributed by atoms with E-state index in [9.17, 15) is 0 Å². The van der Waals surface area contributed by atoms with Crippen molar-refractivity contribution in [1.29, 1.82) is 0 Å². The summed E-state index contributed by atoms with van der Waals surface area (Å²) < 4.78 is 16.1. The molecule has 1 aromatic heterocycles. The smallest absolute Gasteiger partial charge is 0.220 e. The largest absolute Gasteiger partial charge is 0.493 e. The van der Waals surface area contributed by atoms with Gasteiger partial charge >= 0.3 is 0 Å². The first-order chi connectivity index (χ1) is 12.6. The van der Waals surface area contributed by atoms with Crippen LogP contribution in [0.4, 0.5) is 11.6 Å². The summed E-state index contributed by atoms with van der Waals surface area (Å²) in [7, 11) is 4.78. The summed E-state index contributed by atoms with van der Waals surface area (Å²) in [4.78, 5) is 8.35. The van der Waals surface area contributed by atoms with Crippen LogP contribution < -0.4 is 25.3 Å². The molecule has 0 amide bonds. The molecule has 26 heavy (non-hydrogen) atoms. The number of nitrogens with zero attached hydrogens (tertiary/aromatic N) is 2. The average Bonchev–Trinajstić information content (AvgIpc) is 2.66. The molecule has 0 bridgehead atoms. The Morgan fingerprint density at radius 1 is 1.04 bits per heavy atom. The van der Waals surface area contributed by atoms with Gasteiger partial charge in [-0.1, -0.05) is 6.07 Å². The molecule has 0 aliphatic heterocycles. The van der Waals surface area contributed by atoms with Crippen molar-refractivity contribution in [3.05, 3.63) is 41.6 Å². The minimum absolute atomic E-state index is 0.278. The fraction of sp³-hybridized carbons (Fsp3) is 0.263. The fourth-order valence-electron chi connectivity index (χ4n) is 2.87. The van der Waals surface area contributed by atoms with Gasteiger partial charge in [0.05, 0.1) is 26.8 Å². The highest BCUT2D eigenvalue weighted by molar-refractivity contribution is 5.83. The highest BCUT2D eigenvalue weighted by Crippen LogP contribution is 2.40. The van der Waals surface area contributed by atoms with E-state index < -0.39 is 0 Å². The Bertz CT molecular complexity index is 918. The van der Waals surface area contributed by atoms with Crippen LogP contribution in [0.1, 0.15) is 11.1 Å². The lowest BCUT2D eigenvalue weighted by atomic mass is 10.0. The molecule has 0 aliphatic carbocycles. The van der Waals surface area contributed by atoms with Gasteiger partial charge in [-0.15, -0.1) is 0 Å². The first-order valence-corrected chi connectivity index (χ1v) is 8.12. The first kappa shape index (κ1) is 17.6. The number of nitrogens with one attached hydrogen (secondary N) is 1. The summed E-state index contributed by atoms with van der Waals surface area (Å²) in [6, 6.07) is 7.74. The summed E-state index contributed by atoms with van der Waals surface area (Å²) >= 11 is 0. The average molecular weight is 354 g/mol. The van der Waals surface area contributed by atoms with Gasteiger partial charge in [0, 0.05) is 35.9 Å². The van der Waals surface area contributed by atoms with Gasteiger partial charge in [-0.05, 0) is 24.1 Å². The summed E-state index contributed by atoms with van der Waals surface area (Å²) in [6.07, 6.45) is 1.76. The third-order valence-corrected chi connectivity index (χ3v) is 4.31. The first-order valence-electron chi connectivity index (χ1n) is 8.12. The van der Waals surface area contributed by atoms with Crippen molar-refractivity contribution in [1.82, 2.24) is 9.97 Å². The number of rotatable bonds is 6. The highest BCUT2D eigenvalue weighted by Gasteiger charge is 2.13. The van der Waals surface area contributed by atoms with E-state index in [2.05, 4.69) is 15.3 Å². The molecule has 1 heterocycles. The maximum atomic E-state index is 5.66. The lowest BCUT2D eigenvalue weighted by Gasteiger charge is -2.16. The second-order valence-electron chi connectivity index (χ2n) is 5.78. The summed E-state index contributed by atoms with van der Waals surface area (Å²) in [5.74, 6) is 2.05. The number of methoxy groups -OCH3 is 3. The zero-order valence-electron chi connectivity index (χ0n) is 15.3. The van der Waals surface area contributed by atoms with E-state index in [4.69, 9.17) is 19.9 Å². The van der Waals surface area contributed by atoms with Gasteiger partial charge in [0.2, 0.25) is 11.7 Å². The molecule has 7 heteroatoms. The van der Waals surface area contributed by atoms with Crippen LogP contribution in [-0.2, 0) is 6.54 Å². The number of aryl methyl sites for hydroxylation is 1. The molecule has 3 rings (SSSR count). The Morgan fingerprint density at radius 2 is 1.73 bits per heavy atom. The summed E-state index contributed by atoms with van der Waals surface area (Å²) in [5.41, 5.74) is 9.62. The third-order valence-electron chi connectivity index (χ3n) is 4.31. The van der Waals surface area contributed by atoms with Gasteiger partial charge in [-0.25, -0.2) is 9.97 Å². The van der Waals surface area contributed by atoms with E-state index in [0.717, 1.165) is 27.7 Å². The molecule has 0 atom stereocenters. The minimum Gasteiger partial charge on any atom is -0.493 e. The SMILES string of the molecule is COc1cc(NCc2ccc3nc(N)ncc3c2C)cc(OC)c1OC. The molecule has 0 saturated heterocycles. The van der Waals surface area contributed by atoms with E-state index in [1.54, 1.807) is 27.5 Å². The Balaban J connectivity index is 1.88. The molecule has 0 aliphatic rings. The van der Waals surface area contributed by atoms with Crippen molar-refractivity contribution < 1.29 is 14.2 Å². The van der Waals surface area contributed by atoms with Crippen molar-refractivity contribution >= 4 is 22.5 Å². The lowest BCUT2D eigenvalue weighted by Crippen LogP contribution is -2.04. The molecule has 2 aromatic carbocycles. The molecule has 7 nitrogen and oxygen atoms in total. The number of ether oxygens (including phenoxy) is 3. The van der Waals surface area contributed by atoms with Crippen LogP contribution in [-0.4, -0.2) is 31.3 Å². The maximum absolute atomic E-state index is 5.66. The van der Waals surface area contributed by atoms with E-state index >= 15 is 0 Å².